The summed E-state index contributed by atoms with van der Waals surface area (Å²) in [5, 5.41) is 9.46. The Balaban J connectivity index is 4.00. The van der Waals surface area contributed by atoms with Crippen LogP contribution in [0.4, 0.5) is 0 Å². The smallest absolute Gasteiger partial charge is 0.152 e. The van der Waals surface area contributed by atoms with Crippen molar-refractivity contribution in [2.24, 2.45) is 5.92 Å². The Bertz CT molecular complexity index is 180. The van der Waals surface area contributed by atoms with Crippen LogP contribution >= 0.6 is 0 Å². The zero-order valence-electron chi connectivity index (χ0n) is 8.29. The topological polar surface area (TPSA) is 37.3 Å². The third-order valence-corrected chi connectivity index (χ3v) is 1.75. The molecule has 0 aliphatic carbocycles. The molecule has 0 bridgehead atoms. The molecule has 1 unspecified atom stereocenters. The number of ketones is 1. The minimum absolute atomic E-state index is 0.0449. The number of carbonyl (C=O) groups excluding carboxylic acids is 1. The summed E-state index contributed by atoms with van der Waals surface area (Å²) in [6.07, 6.45) is 1.84. The molecular formula is C10H18O2. The van der Waals surface area contributed by atoms with Crippen molar-refractivity contribution in [3.8, 4) is 0 Å². The van der Waals surface area contributed by atoms with Gasteiger partial charge in [0, 0.05) is 0 Å². The number of rotatable bonds is 4. The second-order valence-electron chi connectivity index (χ2n) is 3.62. The van der Waals surface area contributed by atoms with Gasteiger partial charge < -0.3 is 5.11 Å². The second-order valence-corrected chi connectivity index (χ2v) is 3.62. The number of aliphatic hydroxyl groups is 1. The lowest BCUT2D eigenvalue weighted by molar-refractivity contribution is -0.112. The lowest BCUT2D eigenvalue weighted by Gasteiger charge is -2.13. The van der Waals surface area contributed by atoms with Crippen molar-refractivity contribution in [2.75, 3.05) is 0 Å². The van der Waals surface area contributed by atoms with Gasteiger partial charge in [0.15, 0.2) is 5.78 Å². The van der Waals surface area contributed by atoms with E-state index < -0.39 is 0 Å². The molecule has 0 aromatic rings. The van der Waals surface area contributed by atoms with E-state index in [0.717, 1.165) is 5.57 Å². The van der Waals surface area contributed by atoms with Crippen LogP contribution in [0.3, 0.4) is 0 Å². The summed E-state index contributed by atoms with van der Waals surface area (Å²) in [7, 11) is 0. The first-order valence-corrected chi connectivity index (χ1v) is 4.29. The molecule has 0 fully saturated rings. The Kier molecular flexibility index (Phi) is 4.83. The SMILES string of the molecule is CC(=O)/C=C(/C)CC(O)C(C)C. The molecule has 0 spiro atoms. The Morgan fingerprint density at radius 2 is 1.92 bits per heavy atom. The van der Waals surface area contributed by atoms with Crippen LogP contribution in [0.25, 0.3) is 0 Å². The van der Waals surface area contributed by atoms with E-state index in [-0.39, 0.29) is 17.8 Å². The molecule has 2 heteroatoms. The summed E-state index contributed by atoms with van der Waals surface area (Å²) in [5.74, 6) is 0.295. The summed E-state index contributed by atoms with van der Waals surface area (Å²) in [5.41, 5.74) is 0.948. The molecule has 0 aromatic carbocycles. The molecule has 12 heavy (non-hydrogen) atoms. The zero-order chi connectivity index (χ0) is 9.72. The van der Waals surface area contributed by atoms with Crippen molar-refractivity contribution in [1.29, 1.82) is 0 Å². The monoisotopic (exact) mass is 170 g/mol. The second kappa shape index (κ2) is 5.09. The van der Waals surface area contributed by atoms with Crippen LogP contribution < -0.4 is 0 Å². The van der Waals surface area contributed by atoms with Gasteiger partial charge in [0.05, 0.1) is 6.10 Å². The van der Waals surface area contributed by atoms with Crippen LogP contribution in [0.15, 0.2) is 11.6 Å². The van der Waals surface area contributed by atoms with E-state index in [2.05, 4.69) is 0 Å². The van der Waals surface area contributed by atoms with Crippen molar-refractivity contribution in [2.45, 2.75) is 40.2 Å². The van der Waals surface area contributed by atoms with E-state index >= 15 is 0 Å². The van der Waals surface area contributed by atoms with E-state index in [0.29, 0.717) is 6.42 Å². The van der Waals surface area contributed by atoms with Gasteiger partial charge in [-0.2, -0.15) is 0 Å². The van der Waals surface area contributed by atoms with Crippen LogP contribution in [0.1, 0.15) is 34.1 Å². The fourth-order valence-electron chi connectivity index (χ4n) is 0.972. The van der Waals surface area contributed by atoms with Crippen molar-refractivity contribution in [3.63, 3.8) is 0 Å². The van der Waals surface area contributed by atoms with Gasteiger partial charge in [-0.25, -0.2) is 0 Å². The summed E-state index contributed by atoms with van der Waals surface area (Å²) >= 11 is 0. The fraction of sp³-hybridized carbons (Fsp3) is 0.700. The molecule has 0 rings (SSSR count). The van der Waals surface area contributed by atoms with Crippen LogP contribution in [0.5, 0.6) is 0 Å². The fourth-order valence-corrected chi connectivity index (χ4v) is 0.972. The number of allylic oxidation sites excluding steroid dienone is 1. The van der Waals surface area contributed by atoms with Crippen LogP contribution in [-0.2, 0) is 4.79 Å². The molecule has 0 aliphatic rings. The van der Waals surface area contributed by atoms with E-state index in [1.165, 1.54) is 6.92 Å². The number of hydrogen-bond donors (Lipinski definition) is 1. The Hall–Kier alpha value is -0.630. The third-order valence-electron chi connectivity index (χ3n) is 1.75. The average Bonchev–Trinajstić information content (AvgIpc) is 1.84. The molecule has 0 amide bonds. The van der Waals surface area contributed by atoms with E-state index in [1.807, 2.05) is 20.8 Å². The van der Waals surface area contributed by atoms with E-state index in [9.17, 15) is 9.90 Å². The first-order chi connectivity index (χ1) is 5.43. The first-order valence-electron chi connectivity index (χ1n) is 4.29. The molecule has 1 atom stereocenters. The van der Waals surface area contributed by atoms with Gasteiger partial charge in [0.1, 0.15) is 0 Å². The standard InChI is InChI=1S/C10H18O2/c1-7(2)10(12)6-8(3)5-9(4)11/h5,7,10,12H,6H2,1-4H3/b8-5-. The maximum absolute atomic E-state index is 10.6. The quantitative estimate of drug-likeness (QED) is 0.654. The summed E-state index contributed by atoms with van der Waals surface area (Å²) in [6, 6.07) is 0. The molecule has 0 aliphatic heterocycles. The van der Waals surface area contributed by atoms with Crippen LogP contribution in [0.2, 0.25) is 0 Å². The van der Waals surface area contributed by atoms with Crippen molar-refractivity contribution < 1.29 is 9.90 Å². The summed E-state index contributed by atoms with van der Waals surface area (Å²) < 4.78 is 0. The Morgan fingerprint density at radius 1 is 1.42 bits per heavy atom. The van der Waals surface area contributed by atoms with Crippen LogP contribution in [-0.4, -0.2) is 17.0 Å². The Labute approximate surface area is 74.3 Å². The maximum Gasteiger partial charge on any atom is 0.152 e. The van der Waals surface area contributed by atoms with E-state index in [1.54, 1.807) is 6.08 Å². The summed E-state index contributed by atoms with van der Waals surface area (Å²) in [6.45, 7) is 7.32. The number of carbonyl (C=O) groups is 1. The number of hydrogen-bond acceptors (Lipinski definition) is 2. The largest absolute Gasteiger partial charge is 0.393 e. The summed E-state index contributed by atoms with van der Waals surface area (Å²) in [4.78, 5) is 10.6. The third kappa shape index (κ3) is 5.08. The zero-order valence-corrected chi connectivity index (χ0v) is 8.29. The maximum atomic E-state index is 10.6. The molecule has 0 heterocycles. The predicted octanol–water partition coefficient (Wildman–Crippen LogP) is 1.93. The highest BCUT2D eigenvalue weighted by atomic mass is 16.3. The Morgan fingerprint density at radius 3 is 2.25 bits per heavy atom. The lowest BCUT2D eigenvalue weighted by Crippen LogP contribution is -2.14. The van der Waals surface area contributed by atoms with Gasteiger partial charge in [0.25, 0.3) is 0 Å². The van der Waals surface area contributed by atoms with Gasteiger partial charge in [-0.3, -0.25) is 4.79 Å². The minimum atomic E-state index is -0.333. The first kappa shape index (κ1) is 11.4. The normalized spacial score (nSPS) is 15.0. The van der Waals surface area contributed by atoms with Crippen molar-refractivity contribution in [3.05, 3.63) is 11.6 Å². The molecule has 2 nitrogen and oxygen atoms in total. The highest BCUT2D eigenvalue weighted by Gasteiger charge is 2.09. The van der Waals surface area contributed by atoms with E-state index in [4.69, 9.17) is 0 Å². The average molecular weight is 170 g/mol. The molecule has 70 valence electrons. The van der Waals surface area contributed by atoms with Gasteiger partial charge in [-0.1, -0.05) is 19.4 Å². The van der Waals surface area contributed by atoms with Crippen molar-refractivity contribution >= 4 is 5.78 Å². The lowest BCUT2D eigenvalue weighted by atomic mass is 10.00. The molecule has 1 N–H and O–H groups in total. The highest BCUT2D eigenvalue weighted by Crippen LogP contribution is 2.11. The molecule has 0 radical (unpaired) electrons. The predicted molar refractivity (Wildman–Crippen MR) is 49.9 cm³/mol. The van der Waals surface area contributed by atoms with Crippen LogP contribution in [0, 0.1) is 5.92 Å². The van der Waals surface area contributed by atoms with Gasteiger partial charge in [-0.05, 0) is 32.3 Å². The molecule has 0 saturated heterocycles. The van der Waals surface area contributed by atoms with Gasteiger partial charge in [-0.15, -0.1) is 0 Å². The van der Waals surface area contributed by atoms with Crippen molar-refractivity contribution in [1.82, 2.24) is 0 Å². The van der Waals surface area contributed by atoms with Gasteiger partial charge in [0.2, 0.25) is 0 Å². The molecule has 0 saturated carbocycles. The minimum Gasteiger partial charge on any atom is -0.393 e. The molecular weight excluding hydrogens is 152 g/mol. The van der Waals surface area contributed by atoms with Gasteiger partial charge >= 0.3 is 0 Å². The highest BCUT2D eigenvalue weighted by molar-refractivity contribution is 5.87. The number of aliphatic hydroxyl groups excluding tert-OH is 1. The molecule has 0 aromatic heterocycles.